The normalized spacial score (nSPS) is 17.1. The Balaban J connectivity index is 1.11. The van der Waals surface area contributed by atoms with Gasteiger partial charge in [0.1, 0.15) is 11.9 Å². The zero-order valence-corrected chi connectivity index (χ0v) is 22.9. The molecule has 206 valence electrons. The Morgan fingerprint density at radius 3 is 2.87 bits per heavy atom. The van der Waals surface area contributed by atoms with Crippen LogP contribution >= 0.6 is 23.1 Å². The maximum absolute atomic E-state index is 15.0. The number of nitrogens with one attached hydrogen (secondary N) is 2. The van der Waals surface area contributed by atoms with Crippen LogP contribution in [-0.4, -0.2) is 81.2 Å². The summed E-state index contributed by atoms with van der Waals surface area (Å²) < 4.78 is 28.8. The highest BCUT2D eigenvalue weighted by atomic mass is 32.2. The largest absolute Gasteiger partial charge is 0.473 e. The summed E-state index contributed by atoms with van der Waals surface area (Å²) in [7, 11) is 0. The van der Waals surface area contributed by atoms with Crippen molar-refractivity contribution in [1.82, 2.24) is 35.0 Å². The maximum Gasteiger partial charge on any atom is 0.321 e. The highest BCUT2D eigenvalue weighted by Crippen LogP contribution is 2.35. The van der Waals surface area contributed by atoms with E-state index in [9.17, 15) is 4.79 Å². The van der Waals surface area contributed by atoms with Gasteiger partial charge in [-0.2, -0.15) is 4.52 Å². The molecule has 2 aliphatic rings. The summed E-state index contributed by atoms with van der Waals surface area (Å²) in [4.78, 5) is 19.3. The van der Waals surface area contributed by atoms with Crippen LogP contribution in [0.2, 0.25) is 0 Å². The predicted molar refractivity (Wildman–Crippen MR) is 146 cm³/mol. The van der Waals surface area contributed by atoms with Gasteiger partial charge in [0.15, 0.2) is 10.8 Å². The van der Waals surface area contributed by atoms with Crippen molar-refractivity contribution in [3.05, 3.63) is 30.1 Å². The molecule has 14 heteroatoms. The third kappa shape index (κ3) is 6.40. The number of anilines is 1. The Labute approximate surface area is 232 Å². The number of hydrogen-bond donors (Lipinski definition) is 2. The Bertz CT molecular complexity index is 1450. The third-order valence-corrected chi connectivity index (χ3v) is 8.63. The number of fused-ring (bicyclic) bond motifs is 2. The molecular weight excluding hydrogens is 543 g/mol. The summed E-state index contributed by atoms with van der Waals surface area (Å²) in [6.45, 7) is 4.43. The average molecular weight is 573 g/mol. The van der Waals surface area contributed by atoms with Gasteiger partial charge in [-0.25, -0.2) is 14.2 Å². The molecular formula is C25H29FN8O3S2. The number of nitrogens with zero attached hydrogens (tertiary/aromatic N) is 6. The van der Waals surface area contributed by atoms with Gasteiger partial charge in [-0.1, -0.05) is 17.8 Å². The smallest absolute Gasteiger partial charge is 0.321 e. The second-order valence-corrected chi connectivity index (χ2v) is 11.5. The van der Waals surface area contributed by atoms with Crippen LogP contribution in [0.15, 0.2) is 34.3 Å². The molecule has 2 amide bonds. The van der Waals surface area contributed by atoms with Crippen molar-refractivity contribution in [3.8, 4) is 5.88 Å². The Morgan fingerprint density at radius 1 is 1.18 bits per heavy atom. The van der Waals surface area contributed by atoms with Gasteiger partial charge < -0.3 is 14.8 Å². The van der Waals surface area contributed by atoms with Gasteiger partial charge in [-0.15, -0.1) is 15.3 Å². The lowest BCUT2D eigenvalue weighted by Gasteiger charge is -2.26. The molecule has 2 fully saturated rings. The Hall–Kier alpha value is -3.07. The van der Waals surface area contributed by atoms with Gasteiger partial charge in [0.2, 0.25) is 11.0 Å². The first kappa shape index (κ1) is 26.2. The number of morpholine rings is 1. The molecule has 0 unspecified atom stereocenters. The van der Waals surface area contributed by atoms with Crippen LogP contribution in [0.5, 0.6) is 5.88 Å². The molecule has 0 atom stereocenters. The summed E-state index contributed by atoms with van der Waals surface area (Å²) in [6.07, 6.45) is 5.78. The third-order valence-electron chi connectivity index (χ3n) is 6.73. The number of thiazole rings is 1. The molecule has 1 aliphatic carbocycles. The monoisotopic (exact) mass is 572 g/mol. The predicted octanol–water partition coefficient (Wildman–Crippen LogP) is 4.19. The summed E-state index contributed by atoms with van der Waals surface area (Å²) in [6, 6.07) is 6.32. The van der Waals surface area contributed by atoms with Crippen molar-refractivity contribution in [2.75, 3.05) is 44.7 Å². The number of carbonyl (C=O) groups excluding carboxylic acids is 1. The number of halogens is 1. The molecule has 1 aromatic carbocycles. The fraction of sp³-hybridized carbons (Fsp3) is 0.480. The number of ether oxygens (including phenoxy) is 2. The second-order valence-electron chi connectivity index (χ2n) is 9.51. The summed E-state index contributed by atoms with van der Waals surface area (Å²) in [5, 5.41) is 19.4. The van der Waals surface area contributed by atoms with E-state index in [4.69, 9.17) is 9.47 Å². The molecule has 39 heavy (non-hydrogen) atoms. The zero-order valence-electron chi connectivity index (χ0n) is 21.3. The standard InChI is InChI=1S/C25H29FN8O3S2/c26-17-14-18-20(38-24(28-18)29-23(35)27-8-9-33-10-12-36-13-11-33)15-19(17)39-25-31-30-21-6-7-22(32-34(21)25)37-16-4-2-1-3-5-16/h6-7,14-16H,1-5,8-13H2,(H2,27,28,29,35). The van der Waals surface area contributed by atoms with Gasteiger partial charge in [-0.05, 0) is 49.6 Å². The SMILES string of the molecule is O=C(NCCN1CCOCC1)Nc1nc2cc(F)c(Sc3nnc4ccc(OC5CCCCC5)nn34)cc2s1. The average Bonchev–Trinajstić information content (AvgIpc) is 3.52. The van der Waals surface area contributed by atoms with Gasteiger partial charge in [0.05, 0.1) is 28.3 Å². The molecule has 0 bridgehead atoms. The van der Waals surface area contributed by atoms with Crippen molar-refractivity contribution in [1.29, 1.82) is 0 Å². The number of rotatable bonds is 8. The van der Waals surface area contributed by atoms with Crippen LogP contribution in [0.3, 0.4) is 0 Å². The lowest BCUT2D eigenvalue weighted by atomic mass is 9.98. The topological polar surface area (TPSA) is 119 Å². The van der Waals surface area contributed by atoms with Gasteiger partial charge >= 0.3 is 6.03 Å². The Morgan fingerprint density at radius 2 is 2.03 bits per heavy atom. The number of benzene rings is 1. The van der Waals surface area contributed by atoms with E-state index < -0.39 is 5.82 Å². The molecule has 4 heterocycles. The first-order valence-electron chi connectivity index (χ1n) is 13.1. The van der Waals surface area contributed by atoms with Gasteiger partial charge in [0, 0.05) is 38.3 Å². The van der Waals surface area contributed by atoms with Crippen molar-refractivity contribution in [2.24, 2.45) is 0 Å². The van der Waals surface area contributed by atoms with Crippen molar-refractivity contribution in [2.45, 2.75) is 48.3 Å². The first-order chi connectivity index (χ1) is 19.1. The second kappa shape index (κ2) is 12.0. The van der Waals surface area contributed by atoms with E-state index in [-0.39, 0.29) is 12.1 Å². The fourth-order valence-corrected chi connectivity index (χ4v) is 6.47. The number of urea groups is 1. The van der Waals surface area contributed by atoms with Gasteiger partial charge in [-0.3, -0.25) is 10.2 Å². The van der Waals surface area contributed by atoms with Crippen LogP contribution < -0.4 is 15.4 Å². The number of aromatic nitrogens is 5. The molecule has 3 aromatic heterocycles. The molecule has 1 aliphatic heterocycles. The molecule has 4 aromatic rings. The minimum absolute atomic E-state index is 0.164. The highest BCUT2D eigenvalue weighted by Gasteiger charge is 2.19. The lowest BCUT2D eigenvalue weighted by molar-refractivity contribution is 0.0388. The van der Waals surface area contributed by atoms with Crippen LogP contribution in [0, 0.1) is 5.82 Å². The molecule has 1 saturated heterocycles. The number of amides is 2. The first-order valence-corrected chi connectivity index (χ1v) is 14.8. The van der Waals surface area contributed by atoms with Crippen LogP contribution in [0.25, 0.3) is 15.9 Å². The minimum atomic E-state index is -0.439. The van der Waals surface area contributed by atoms with Crippen LogP contribution in [0.4, 0.5) is 14.3 Å². The molecule has 0 spiro atoms. The van der Waals surface area contributed by atoms with Crippen molar-refractivity contribution < 1.29 is 18.7 Å². The molecule has 1 saturated carbocycles. The highest BCUT2D eigenvalue weighted by molar-refractivity contribution is 7.99. The summed E-state index contributed by atoms with van der Waals surface area (Å²) in [5.74, 6) is 0.0686. The number of hydrogen-bond acceptors (Lipinski definition) is 10. The van der Waals surface area contributed by atoms with E-state index in [1.807, 2.05) is 0 Å². The zero-order chi connectivity index (χ0) is 26.6. The fourth-order valence-electron chi connectivity index (χ4n) is 4.69. The van der Waals surface area contributed by atoms with E-state index in [2.05, 4.69) is 35.8 Å². The maximum atomic E-state index is 15.0. The van der Waals surface area contributed by atoms with Crippen LogP contribution in [0.1, 0.15) is 32.1 Å². The van der Waals surface area contributed by atoms with E-state index in [1.165, 1.54) is 23.8 Å². The quantitative estimate of drug-likeness (QED) is 0.320. The molecule has 6 rings (SSSR count). The Kier molecular flexibility index (Phi) is 8.04. The van der Waals surface area contributed by atoms with Crippen LogP contribution in [-0.2, 0) is 4.74 Å². The van der Waals surface area contributed by atoms with Gasteiger partial charge in [0.25, 0.3) is 0 Å². The van der Waals surface area contributed by atoms with E-state index >= 15 is 4.39 Å². The van der Waals surface area contributed by atoms with E-state index in [1.54, 1.807) is 22.7 Å². The lowest BCUT2D eigenvalue weighted by Crippen LogP contribution is -2.42. The van der Waals surface area contributed by atoms with E-state index in [0.29, 0.717) is 52.0 Å². The molecule has 0 radical (unpaired) electrons. The minimum Gasteiger partial charge on any atom is -0.473 e. The van der Waals surface area contributed by atoms with E-state index in [0.717, 1.165) is 61.8 Å². The summed E-state index contributed by atoms with van der Waals surface area (Å²) >= 11 is 2.41. The molecule has 11 nitrogen and oxygen atoms in total. The molecule has 2 N–H and O–H groups in total. The summed E-state index contributed by atoms with van der Waals surface area (Å²) in [5.41, 5.74) is 1.02. The number of carbonyl (C=O) groups is 1. The van der Waals surface area contributed by atoms with Crippen molar-refractivity contribution in [3.63, 3.8) is 0 Å². The van der Waals surface area contributed by atoms with Crippen molar-refractivity contribution >= 4 is 50.1 Å².